The van der Waals surface area contributed by atoms with Crippen molar-refractivity contribution in [3.05, 3.63) is 95.2 Å². The third-order valence-electron chi connectivity index (χ3n) is 6.27. The van der Waals surface area contributed by atoms with Crippen LogP contribution in [0.25, 0.3) is 11.0 Å². The van der Waals surface area contributed by atoms with Crippen LogP contribution in [0.5, 0.6) is 0 Å². The summed E-state index contributed by atoms with van der Waals surface area (Å²) in [5.41, 5.74) is 4.35. The number of carbonyl (C=O) groups excluding carboxylic acids is 1. The number of nitrogens with zero attached hydrogens (tertiary/aromatic N) is 1. The predicted molar refractivity (Wildman–Crippen MR) is 138 cm³/mol. The largest absolute Gasteiger partial charge is 0.457 e. The molecular weight excluding hydrogens is 444 g/mol. The van der Waals surface area contributed by atoms with Crippen molar-refractivity contribution < 1.29 is 13.9 Å². The highest BCUT2D eigenvalue weighted by Gasteiger charge is 2.31. The van der Waals surface area contributed by atoms with E-state index in [1.807, 2.05) is 55.5 Å². The van der Waals surface area contributed by atoms with Crippen LogP contribution in [0, 0.1) is 6.92 Å². The molecule has 1 fully saturated rings. The van der Waals surface area contributed by atoms with E-state index < -0.39 is 0 Å². The monoisotopic (exact) mass is 472 g/mol. The Labute approximate surface area is 204 Å². The lowest BCUT2D eigenvalue weighted by atomic mass is 10.00. The first-order valence-electron chi connectivity index (χ1n) is 11.5. The minimum Gasteiger partial charge on any atom is -0.457 e. The van der Waals surface area contributed by atoms with Gasteiger partial charge in [-0.25, -0.2) is 0 Å². The second kappa shape index (κ2) is 10.1. The van der Waals surface area contributed by atoms with Crippen molar-refractivity contribution in [2.24, 2.45) is 0 Å². The van der Waals surface area contributed by atoms with Gasteiger partial charge in [0.15, 0.2) is 0 Å². The third kappa shape index (κ3) is 4.62. The van der Waals surface area contributed by atoms with Crippen LogP contribution in [0.2, 0.25) is 0 Å². The van der Waals surface area contributed by atoms with Crippen LogP contribution in [0.15, 0.2) is 82.1 Å². The van der Waals surface area contributed by atoms with Gasteiger partial charge >= 0.3 is 0 Å². The topological polar surface area (TPSA) is 54.7 Å². The normalized spacial score (nSPS) is 15.4. The van der Waals surface area contributed by atoms with E-state index >= 15 is 0 Å². The zero-order chi connectivity index (χ0) is 23.5. The Morgan fingerprint density at radius 1 is 0.971 bits per heavy atom. The molecule has 1 atom stereocenters. The molecule has 4 aromatic rings. The number of morpholine rings is 1. The number of anilines is 1. The fourth-order valence-corrected chi connectivity index (χ4v) is 4.83. The number of hydrogen-bond acceptors (Lipinski definition) is 5. The summed E-state index contributed by atoms with van der Waals surface area (Å²) in [7, 11) is 0. The molecule has 0 saturated carbocycles. The van der Waals surface area contributed by atoms with Crippen molar-refractivity contribution in [3.8, 4) is 0 Å². The Hall–Kier alpha value is -3.06. The van der Waals surface area contributed by atoms with Crippen LogP contribution < -0.4 is 5.32 Å². The quantitative estimate of drug-likeness (QED) is 0.342. The van der Waals surface area contributed by atoms with Crippen molar-refractivity contribution in [2.45, 2.75) is 17.9 Å². The van der Waals surface area contributed by atoms with Crippen molar-refractivity contribution in [3.63, 3.8) is 0 Å². The number of thioether (sulfide) groups is 1. The molecule has 174 valence electrons. The van der Waals surface area contributed by atoms with Gasteiger partial charge < -0.3 is 14.5 Å². The molecule has 3 aromatic carbocycles. The van der Waals surface area contributed by atoms with Gasteiger partial charge in [0.25, 0.3) is 5.91 Å². The summed E-state index contributed by atoms with van der Waals surface area (Å²) >= 11 is 1.72. The van der Waals surface area contributed by atoms with Gasteiger partial charge in [-0.2, -0.15) is 0 Å². The molecule has 0 radical (unpaired) electrons. The minimum absolute atomic E-state index is 0.138. The van der Waals surface area contributed by atoms with Crippen LogP contribution >= 0.6 is 11.8 Å². The SMILES string of the molecule is CSc1ccc(C(c2oc3ccccc3c2NC(=O)c2ccc(C)cc2)N2CCOCC2)cc1. The van der Waals surface area contributed by atoms with E-state index in [0.29, 0.717) is 18.8 Å². The third-order valence-corrected chi connectivity index (χ3v) is 7.01. The second-order valence-electron chi connectivity index (χ2n) is 8.48. The zero-order valence-electron chi connectivity index (χ0n) is 19.4. The average Bonchev–Trinajstić information content (AvgIpc) is 3.23. The van der Waals surface area contributed by atoms with Gasteiger partial charge in [0.2, 0.25) is 0 Å². The van der Waals surface area contributed by atoms with Gasteiger partial charge in [-0.15, -0.1) is 11.8 Å². The summed E-state index contributed by atoms with van der Waals surface area (Å²) in [5.74, 6) is 0.603. The number of amides is 1. The Balaban J connectivity index is 1.61. The molecule has 1 unspecified atom stereocenters. The molecule has 5 rings (SSSR count). The molecule has 1 amide bonds. The van der Waals surface area contributed by atoms with Crippen molar-refractivity contribution >= 4 is 34.3 Å². The molecule has 2 heterocycles. The van der Waals surface area contributed by atoms with E-state index in [-0.39, 0.29) is 11.9 Å². The molecule has 1 aromatic heterocycles. The Bertz CT molecular complexity index is 1280. The van der Waals surface area contributed by atoms with Gasteiger partial charge in [0.1, 0.15) is 11.3 Å². The van der Waals surface area contributed by atoms with E-state index in [2.05, 4.69) is 40.7 Å². The number of hydrogen-bond donors (Lipinski definition) is 1. The summed E-state index contributed by atoms with van der Waals surface area (Å²) in [6, 6.07) is 23.9. The van der Waals surface area contributed by atoms with Crippen molar-refractivity contribution in [1.29, 1.82) is 0 Å². The summed E-state index contributed by atoms with van der Waals surface area (Å²) in [5, 5.41) is 4.09. The van der Waals surface area contributed by atoms with Crippen LogP contribution in [0.3, 0.4) is 0 Å². The van der Waals surface area contributed by atoms with Crippen molar-refractivity contribution in [2.75, 3.05) is 37.9 Å². The number of para-hydroxylation sites is 1. The van der Waals surface area contributed by atoms with E-state index in [1.54, 1.807) is 11.8 Å². The number of furan rings is 1. The molecule has 1 aliphatic rings. The number of ether oxygens (including phenoxy) is 1. The standard InChI is InChI=1S/C28H28N2O3S/c1-19-7-9-21(10-8-19)28(31)29-25-23-5-3-4-6-24(23)33-27(25)26(30-15-17-32-18-16-30)20-11-13-22(34-2)14-12-20/h3-14,26H,15-18H2,1-2H3,(H,29,31). The number of aryl methyl sites for hydroxylation is 1. The summed E-state index contributed by atoms with van der Waals surface area (Å²) in [6.45, 7) is 4.93. The molecule has 6 heteroatoms. The minimum atomic E-state index is -0.147. The number of carbonyl (C=O) groups is 1. The molecule has 0 aliphatic carbocycles. The lowest BCUT2D eigenvalue weighted by molar-refractivity contribution is 0.0206. The Morgan fingerprint density at radius 3 is 2.38 bits per heavy atom. The maximum Gasteiger partial charge on any atom is 0.255 e. The number of rotatable bonds is 6. The number of fused-ring (bicyclic) bond motifs is 1. The average molecular weight is 473 g/mol. The van der Waals surface area contributed by atoms with Crippen LogP contribution in [-0.4, -0.2) is 43.4 Å². The highest BCUT2D eigenvalue weighted by molar-refractivity contribution is 7.98. The van der Waals surface area contributed by atoms with E-state index in [9.17, 15) is 4.79 Å². The van der Waals surface area contributed by atoms with E-state index in [4.69, 9.17) is 9.15 Å². The first-order chi connectivity index (χ1) is 16.6. The second-order valence-corrected chi connectivity index (χ2v) is 9.36. The van der Waals surface area contributed by atoms with Crippen molar-refractivity contribution in [1.82, 2.24) is 4.90 Å². The van der Waals surface area contributed by atoms with E-state index in [0.717, 1.165) is 46.6 Å². The molecule has 1 N–H and O–H groups in total. The van der Waals surface area contributed by atoms with Gasteiger partial charge in [-0.3, -0.25) is 9.69 Å². The maximum absolute atomic E-state index is 13.2. The summed E-state index contributed by atoms with van der Waals surface area (Å²) < 4.78 is 12.1. The number of benzene rings is 3. The Morgan fingerprint density at radius 2 is 1.68 bits per heavy atom. The predicted octanol–water partition coefficient (Wildman–Crippen LogP) is 6.14. The summed E-state index contributed by atoms with van der Waals surface area (Å²) in [4.78, 5) is 16.8. The molecule has 0 spiro atoms. The lowest BCUT2D eigenvalue weighted by Gasteiger charge is -2.34. The maximum atomic E-state index is 13.2. The highest BCUT2D eigenvalue weighted by atomic mass is 32.2. The fraction of sp³-hybridized carbons (Fsp3) is 0.250. The smallest absolute Gasteiger partial charge is 0.255 e. The fourth-order valence-electron chi connectivity index (χ4n) is 4.43. The lowest BCUT2D eigenvalue weighted by Crippen LogP contribution is -2.39. The molecular formula is C28H28N2O3S. The van der Waals surface area contributed by atoms with E-state index in [1.165, 1.54) is 4.90 Å². The van der Waals surface area contributed by atoms with Gasteiger partial charge in [0.05, 0.1) is 24.9 Å². The molecule has 5 nitrogen and oxygen atoms in total. The first-order valence-corrected chi connectivity index (χ1v) is 12.7. The molecule has 1 aliphatic heterocycles. The van der Waals surface area contributed by atoms with Crippen LogP contribution in [0.4, 0.5) is 5.69 Å². The first kappa shape index (κ1) is 22.7. The summed E-state index contributed by atoms with van der Waals surface area (Å²) in [6.07, 6.45) is 2.08. The van der Waals surface area contributed by atoms with Crippen LogP contribution in [0.1, 0.15) is 33.3 Å². The molecule has 0 bridgehead atoms. The number of nitrogens with one attached hydrogen (secondary N) is 1. The zero-order valence-corrected chi connectivity index (χ0v) is 20.2. The van der Waals surface area contributed by atoms with Crippen LogP contribution in [-0.2, 0) is 4.74 Å². The highest BCUT2D eigenvalue weighted by Crippen LogP contribution is 2.41. The van der Waals surface area contributed by atoms with Gasteiger partial charge in [-0.1, -0.05) is 42.0 Å². The van der Waals surface area contributed by atoms with Gasteiger partial charge in [-0.05, 0) is 55.1 Å². The molecule has 1 saturated heterocycles. The Kier molecular flexibility index (Phi) is 6.72. The molecule has 34 heavy (non-hydrogen) atoms. The van der Waals surface area contributed by atoms with Gasteiger partial charge in [0, 0.05) is 28.9 Å².